The Labute approximate surface area is 200 Å². The third kappa shape index (κ3) is 8.72. The van der Waals surface area contributed by atoms with Crippen LogP contribution in [0, 0.1) is 11.8 Å². The van der Waals surface area contributed by atoms with E-state index in [1.807, 2.05) is 0 Å². The fraction of sp³-hybridized carbons (Fsp3) is 0.750. The van der Waals surface area contributed by atoms with Crippen LogP contribution in [0.2, 0.25) is 0 Å². The molecule has 2 aliphatic carbocycles. The normalized spacial score (nSPS) is 23.8. The first-order valence-corrected chi connectivity index (χ1v) is 14.6. The molecule has 1 aromatic rings. The van der Waals surface area contributed by atoms with Crippen LogP contribution >= 0.6 is 0 Å². The van der Waals surface area contributed by atoms with Gasteiger partial charge in [0.2, 0.25) is 0 Å². The fourth-order valence-corrected chi connectivity index (χ4v) is 6.24. The molecular weight excluding hydrogens is 384 g/mol. The van der Waals surface area contributed by atoms with E-state index in [0.717, 1.165) is 17.8 Å². The van der Waals surface area contributed by atoms with Crippen LogP contribution in [0.1, 0.15) is 153 Å². The first kappa shape index (κ1) is 25.6. The molecule has 0 heterocycles. The summed E-state index contributed by atoms with van der Waals surface area (Å²) >= 11 is 0. The van der Waals surface area contributed by atoms with Gasteiger partial charge in [-0.2, -0.15) is 0 Å². The van der Waals surface area contributed by atoms with Gasteiger partial charge in [0, 0.05) is 0 Å². The Morgan fingerprint density at radius 1 is 0.625 bits per heavy atom. The highest BCUT2D eigenvalue weighted by Gasteiger charge is 2.22. The summed E-state index contributed by atoms with van der Waals surface area (Å²) < 4.78 is 0. The third-order valence-corrected chi connectivity index (χ3v) is 8.55. The SMILES string of the molecule is CCCCCCCCCC1CC=C(c2ccc(C3CCC(CCCCC)CC3)cc2)CC1. The average Bonchev–Trinajstić information content (AvgIpc) is 2.85. The van der Waals surface area contributed by atoms with Gasteiger partial charge in [-0.1, -0.05) is 121 Å². The van der Waals surface area contributed by atoms with E-state index < -0.39 is 0 Å². The minimum absolute atomic E-state index is 0.818. The summed E-state index contributed by atoms with van der Waals surface area (Å²) in [6.07, 6.45) is 29.6. The second-order valence-corrected chi connectivity index (χ2v) is 11.1. The summed E-state index contributed by atoms with van der Waals surface area (Å²) in [5.74, 6) is 2.78. The van der Waals surface area contributed by atoms with Crippen molar-refractivity contribution in [1.29, 1.82) is 0 Å². The molecule has 0 aliphatic heterocycles. The van der Waals surface area contributed by atoms with Gasteiger partial charge in [-0.15, -0.1) is 0 Å². The molecule has 1 aromatic carbocycles. The molecule has 0 aromatic heterocycles. The molecule has 0 bridgehead atoms. The van der Waals surface area contributed by atoms with Crippen molar-refractivity contribution in [3.05, 3.63) is 41.5 Å². The zero-order valence-corrected chi connectivity index (χ0v) is 21.6. The van der Waals surface area contributed by atoms with Gasteiger partial charge < -0.3 is 0 Å². The van der Waals surface area contributed by atoms with E-state index in [1.54, 1.807) is 11.1 Å². The molecule has 0 N–H and O–H groups in total. The van der Waals surface area contributed by atoms with E-state index >= 15 is 0 Å². The molecule has 0 nitrogen and oxygen atoms in total. The maximum absolute atomic E-state index is 2.58. The molecule has 2 aliphatic rings. The number of hydrogen-bond acceptors (Lipinski definition) is 0. The number of hydrogen-bond donors (Lipinski definition) is 0. The summed E-state index contributed by atoms with van der Waals surface area (Å²) in [5.41, 5.74) is 4.72. The molecule has 0 radical (unpaired) electrons. The van der Waals surface area contributed by atoms with Gasteiger partial charge in [0.1, 0.15) is 0 Å². The van der Waals surface area contributed by atoms with Crippen molar-refractivity contribution in [2.75, 3.05) is 0 Å². The molecule has 1 unspecified atom stereocenters. The van der Waals surface area contributed by atoms with Gasteiger partial charge >= 0.3 is 0 Å². The zero-order valence-electron chi connectivity index (χ0n) is 21.6. The van der Waals surface area contributed by atoms with Crippen molar-refractivity contribution in [1.82, 2.24) is 0 Å². The topological polar surface area (TPSA) is 0 Å². The van der Waals surface area contributed by atoms with E-state index in [2.05, 4.69) is 44.2 Å². The quantitative estimate of drug-likeness (QED) is 0.254. The van der Waals surface area contributed by atoms with E-state index in [9.17, 15) is 0 Å². The second-order valence-electron chi connectivity index (χ2n) is 11.1. The fourth-order valence-electron chi connectivity index (χ4n) is 6.24. The summed E-state index contributed by atoms with van der Waals surface area (Å²) in [7, 11) is 0. The monoisotopic (exact) mass is 436 g/mol. The van der Waals surface area contributed by atoms with Crippen LogP contribution in [0.25, 0.3) is 5.57 Å². The molecule has 0 heteroatoms. The average molecular weight is 437 g/mol. The highest BCUT2D eigenvalue weighted by Crippen LogP contribution is 2.39. The Morgan fingerprint density at radius 2 is 1.22 bits per heavy atom. The van der Waals surface area contributed by atoms with Crippen molar-refractivity contribution < 1.29 is 0 Å². The minimum Gasteiger partial charge on any atom is -0.0804 e. The number of rotatable bonds is 14. The number of unbranched alkanes of at least 4 members (excludes halogenated alkanes) is 8. The molecule has 0 amide bonds. The van der Waals surface area contributed by atoms with Crippen molar-refractivity contribution in [3.63, 3.8) is 0 Å². The molecule has 180 valence electrons. The summed E-state index contributed by atoms with van der Waals surface area (Å²) in [4.78, 5) is 0. The van der Waals surface area contributed by atoms with Gasteiger partial charge in [-0.05, 0) is 79.4 Å². The third-order valence-electron chi connectivity index (χ3n) is 8.55. The van der Waals surface area contributed by atoms with Crippen LogP contribution < -0.4 is 0 Å². The molecule has 1 saturated carbocycles. The summed E-state index contributed by atoms with van der Waals surface area (Å²) in [6.45, 7) is 4.62. The van der Waals surface area contributed by atoms with Gasteiger partial charge in [0.15, 0.2) is 0 Å². The first-order valence-electron chi connectivity index (χ1n) is 14.6. The van der Waals surface area contributed by atoms with Crippen LogP contribution in [-0.4, -0.2) is 0 Å². The van der Waals surface area contributed by atoms with E-state index in [-0.39, 0.29) is 0 Å². The Hall–Kier alpha value is -1.04. The van der Waals surface area contributed by atoms with Crippen molar-refractivity contribution >= 4 is 5.57 Å². The Balaban J connectivity index is 1.35. The molecule has 1 fully saturated rings. The molecule has 32 heavy (non-hydrogen) atoms. The van der Waals surface area contributed by atoms with Crippen LogP contribution in [0.4, 0.5) is 0 Å². The van der Waals surface area contributed by atoms with Crippen LogP contribution in [0.15, 0.2) is 30.3 Å². The molecule has 1 atom stereocenters. The van der Waals surface area contributed by atoms with Crippen molar-refractivity contribution in [2.45, 2.75) is 142 Å². The number of benzene rings is 1. The zero-order chi connectivity index (χ0) is 22.4. The smallest absolute Gasteiger partial charge is 0.0162 e. The molecular formula is C32H52. The highest BCUT2D eigenvalue weighted by molar-refractivity contribution is 5.66. The Kier molecular flexibility index (Phi) is 12.0. The summed E-state index contributed by atoms with van der Waals surface area (Å²) in [6, 6.07) is 9.79. The lowest BCUT2D eigenvalue weighted by Gasteiger charge is -2.29. The maximum Gasteiger partial charge on any atom is -0.0162 e. The summed E-state index contributed by atoms with van der Waals surface area (Å²) in [5, 5.41) is 0. The predicted octanol–water partition coefficient (Wildman–Crippen LogP) is 10.9. The molecule has 0 spiro atoms. The predicted molar refractivity (Wildman–Crippen MR) is 143 cm³/mol. The number of allylic oxidation sites excluding steroid dienone is 2. The Bertz CT molecular complexity index is 629. The second kappa shape index (κ2) is 15.0. The van der Waals surface area contributed by atoms with Crippen molar-refractivity contribution in [2.24, 2.45) is 11.8 Å². The maximum atomic E-state index is 2.58. The van der Waals surface area contributed by atoms with Gasteiger partial charge in [0.05, 0.1) is 0 Å². The molecule has 0 saturated heterocycles. The van der Waals surface area contributed by atoms with E-state index in [4.69, 9.17) is 0 Å². The van der Waals surface area contributed by atoms with E-state index in [1.165, 1.54) is 128 Å². The lowest BCUT2D eigenvalue weighted by Crippen LogP contribution is -2.13. The van der Waals surface area contributed by atoms with Crippen molar-refractivity contribution in [3.8, 4) is 0 Å². The standard InChI is InChI=1S/C32H52/c1-3-5-7-8-9-10-12-14-28-17-21-30(22-18-28)32-25-23-31(24-26-32)29-19-15-27(16-20-29)13-11-6-4-2/h21,23-29H,3-20,22H2,1-2H3. The van der Waals surface area contributed by atoms with Crippen LogP contribution in [-0.2, 0) is 0 Å². The van der Waals surface area contributed by atoms with Gasteiger partial charge in [-0.25, -0.2) is 0 Å². The lowest BCUT2D eigenvalue weighted by molar-refractivity contribution is 0.303. The van der Waals surface area contributed by atoms with Gasteiger partial charge in [0.25, 0.3) is 0 Å². The minimum atomic E-state index is 0.818. The largest absolute Gasteiger partial charge is 0.0804 e. The Morgan fingerprint density at radius 3 is 1.88 bits per heavy atom. The highest BCUT2D eigenvalue weighted by atomic mass is 14.3. The van der Waals surface area contributed by atoms with Crippen LogP contribution in [0.3, 0.4) is 0 Å². The lowest BCUT2D eigenvalue weighted by atomic mass is 9.76. The first-order chi connectivity index (χ1) is 15.8. The van der Waals surface area contributed by atoms with Gasteiger partial charge in [-0.3, -0.25) is 0 Å². The molecule has 3 rings (SSSR count). The van der Waals surface area contributed by atoms with Crippen LogP contribution in [0.5, 0.6) is 0 Å². The van der Waals surface area contributed by atoms with E-state index in [0.29, 0.717) is 0 Å².